The van der Waals surface area contributed by atoms with Crippen LogP contribution in [-0.4, -0.2) is 19.1 Å². The number of hydrogen-bond donors (Lipinski definition) is 1. The molecule has 0 atom stereocenters. The number of benzene rings is 2. The predicted octanol–water partition coefficient (Wildman–Crippen LogP) is 3.35. The van der Waals surface area contributed by atoms with Crippen LogP contribution in [0.25, 0.3) is 0 Å². The number of amides is 1. The molecular weight excluding hydrogens is 274 g/mol. The van der Waals surface area contributed by atoms with E-state index in [4.69, 9.17) is 4.74 Å². The zero-order valence-electron chi connectivity index (χ0n) is 13.5. The Bertz CT molecular complexity index is 650. The van der Waals surface area contributed by atoms with Gasteiger partial charge in [-0.1, -0.05) is 36.4 Å². The average molecular weight is 297 g/mol. The third-order valence-corrected chi connectivity index (χ3v) is 3.68. The Morgan fingerprint density at radius 3 is 2.59 bits per heavy atom. The zero-order valence-corrected chi connectivity index (χ0v) is 13.5. The molecule has 2 aromatic rings. The van der Waals surface area contributed by atoms with Gasteiger partial charge < -0.3 is 10.1 Å². The van der Waals surface area contributed by atoms with E-state index in [1.165, 1.54) is 11.1 Å². The summed E-state index contributed by atoms with van der Waals surface area (Å²) in [6.07, 6.45) is 0.835. The van der Waals surface area contributed by atoms with Crippen LogP contribution in [0.5, 0.6) is 5.75 Å². The van der Waals surface area contributed by atoms with Gasteiger partial charge in [-0.2, -0.15) is 0 Å². The molecule has 2 aromatic carbocycles. The minimum absolute atomic E-state index is 0.0536. The van der Waals surface area contributed by atoms with E-state index in [-0.39, 0.29) is 12.5 Å². The van der Waals surface area contributed by atoms with Gasteiger partial charge in [-0.25, -0.2) is 0 Å². The summed E-state index contributed by atoms with van der Waals surface area (Å²) < 4.78 is 5.59. The Kier molecular flexibility index (Phi) is 5.59. The van der Waals surface area contributed by atoms with Gasteiger partial charge in [0, 0.05) is 6.54 Å². The molecule has 22 heavy (non-hydrogen) atoms. The second-order valence-corrected chi connectivity index (χ2v) is 5.58. The van der Waals surface area contributed by atoms with Crippen LogP contribution in [0.4, 0.5) is 0 Å². The van der Waals surface area contributed by atoms with Crippen LogP contribution in [0, 0.1) is 20.8 Å². The molecule has 0 bridgehead atoms. The van der Waals surface area contributed by atoms with Crippen molar-refractivity contribution in [3.63, 3.8) is 0 Å². The second kappa shape index (κ2) is 7.64. The van der Waals surface area contributed by atoms with E-state index in [0.29, 0.717) is 6.54 Å². The molecule has 0 heterocycles. The fourth-order valence-electron chi connectivity index (χ4n) is 2.28. The van der Waals surface area contributed by atoms with Crippen LogP contribution in [-0.2, 0) is 11.2 Å². The van der Waals surface area contributed by atoms with E-state index in [2.05, 4.69) is 24.4 Å². The lowest BCUT2D eigenvalue weighted by molar-refractivity contribution is -0.123. The molecule has 0 aliphatic carbocycles. The summed E-state index contributed by atoms with van der Waals surface area (Å²) in [7, 11) is 0. The first-order valence-corrected chi connectivity index (χ1v) is 7.57. The van der Waals surface area contributed by atoms with E-state index in [1.54, 1.807) is 0 Å². The lowest BCUT2D eigenvalue weighted by atomic mass is 10.1. The molecule has 0 saturated carbocycles. The molecule has 0 saturated heterocycles. The predicted molar refractivity (Wildman–Crippen MR) is 89.3 cm³/mol. The molecule has 3 nitrogen and oxygen atoms in total. The lowest BCUT2D eigenvalue weighted by Gasteiger charge is -2.11. The zero-order chi connectivity index (χ0) is 15.9. The summed E-state index contributed by atoms with van der Waals surface area (Å²) in [6.45, 7) is 6.75. The van der Waals surface area contributed by atoms with Gasteiger partial charge >= 0.3 is 0 Å². The second-order valence-electron chi connectivity index (χ2n) is 5.58. The standard InChI is InChI=1S/C19H23NO2/c1-14-8-9-16(3)18(12-14)22-13-19(21)20-11-10-17-7-5-4-6-15(17)2/h4-9,12H,10-11,13H2,1-3H3,(H,20,21). The number of carbonyl (C=O) groups excluding carboxylic acids is 1. The molecule has 0 aromatic heterocycles. The largest absolute Gasteiger partial charge is 0.483 e. The SMILES string of the molecule is Cc1ccc(C)c(OCC(=O)NCCc2ccccc2C)c1. The van der Waals surface area contributed by atoms with Crippen molar-refractivity contribution in [3.05, 3.63) is 64.7 Å². The fraction of sp³-hybridized carbons (Fsp3) is 0.316. The van der Waals surface area contributed by atoms with Crippen LogP contribution in [0.15, 0.2) is 42.5 Å². The highest BCUT2D eigenvalue weighted by atomic mass is 16.5. The van der Waals surface area contributed by atoms with Gasteiger partial charge in [0.05, 0.1) is 0 Å². The van der Waals surface area contributed by atoms with Crippen molar-refractivity contribution in [1.82, 2.24) is 5.32 Å². The Balaban J connectivity index is 1.76. The molecule has 0 radical (unpaired) electrons. The first kappa shape index (κ1) is 16.1. The van der Waals surface area contributed by atoms with Crippen LogP contribution in [0.1, 0.15) is 22.3 Å². The number of hydrogen-bond acceptors (Lipinski definition) is 2. The first-order valence-electron chi connectivity index (χ1n) is 7.57. The van der Waals surface area contributed by atoms with Crippen molar-refractivity contribution in [2.45, 2.75) is 27.2 Å². The van der Waals surface area contributed by atoms with Crippen molar-refractivity contribution < 1.29 is 9.53 Å². The maximum atomic E-state index is 11.9. The van der Waals surface area contributed by atoms with E-state index in [9.17, 15) is 4.79 Å². The highest BCUT2D eigenvalue weighted by Crippen LogP contribution is 2.18. The van der Waals surface area contributed by atoms with Crippen molar-refractivity contribution in [2.75, 3.05) is 13.2 Å². The molecule has 0 aliphatic rings. The summed E-state index contributed by atoms with van der Waals surface area (Å²) in [6, 6.07) is 14.2. The van der Waals surface area contributed by atoms with Gasteiger partial charge in [-0.3, -0.25) is 4.79 Å². The van der Waals surface area contributed by atoms with Crippen LogP contribution < -0.4 is 10.1 Å². The Hall–Kier alpha value is -2.29. The van der Waals surface area contributed by atoms with Crippen molar-refractivity contribution in [2.24, 2.45) is 0 Å². The maximum absolute atomic E-state index is 11.9. The van der Waals surface area contributed by atoms with E-state index >= 15 is 0 Å². The van der Waals surface area contributed by atoms with Gasteiger partial charge in [-0.15, -0.1) is 0 Å². The smallest absolute Gasteiger partial charge is 0.257 e. The lowest BCUT2D eigenvalue weighted by Crippen LogP contribution is -2.30. The highest BCUT2D eigenvalue weighted by molar-refractivity contribution is 5.77. The van der Waals surface area contributed by atoms with Gasteiger partial charge in [0.1, 0.15) is 5.75 Å². The van der Waals surface area contributed by atoms with E-state index in [0.717, 1.165) is 23.3 Å². The van der Waals surface area contributed by atoms with E-state index < -0.39 is 0 Å². The number of carbonyl (C=O) groups is 1. The molecular formula is C19H23NO2. The molecule has 116 valence electrons. The number of ether oxygens (including phenoxy) is 1. The summed E-state index contributed by atoms with van der Waals surface area (Å²) in [5.74, 6) is 0.684. The van der Waals surface area contributed by atoms with Gasteiger partial charge in [-0.05, 0) is 55.5 Å². The topological polar surface area (TPSA) is 38.3 Å². The first-order chi connectivity index (χ1) is 10.6. The van der Waals surface area contributed by atoms with Crippen molar-refractivity contribution in [3.8, 4) is 5.75 Å². The Labute approximate surface area is 132 Å². The number of aryl methyl sites for hydroxylation is 3. The van der Waals surface area contributed by atoms with Crippen molar-refractivity contribution in [1.29, 1.82) is 0 Å². The van der Waals surface area contributed by atoms with E-state index in [1.807, 2.05) is 44.2 Å². The van der Waals surface area contributed by atoms with Gasteiger partial charge in [0.25, 0.3) is 5.91 Å². The highest BCUT2D eigenvalue weighted by Gasteiger charge is 2.05. The number of nitrogens with one attached hydrogen (secondary N) is 1. The molecule has 0 spiro atoms. The Morgan fingerprint density at radius 1 is 1.05 bits per heavy atom. The molecule has 0 fully saturated rings. The van der Waals surface area contributed by atoms with Crippen molar-refractivity contribution >= 4 is 5.91 Å². The molecule has 0 unspecified atom stereocenters. The van der Waals surface area contributed by atoms with Crippen LogP contribution in [0.2, 0.25) is 0 Å². The molecule has 3 heteroatoms. The average Bonchev–Trinajstić information content (AvgIpc) is 2.50. The van der Waals surface area contributed by atoms with Gasteiger partial charge in [0.15, 0.2) is 6.61 Å². The van der Waals surface area contributed by atoms with Crippen LogP contribution in [0.3, 0.4) is 0 Å². The molecule has 0 aliphatic heterocycles. The fourth-order valence-corrected chi connectivity index (χ4v) is 2.28. The monoisotopic (exact) mass is 297 g/mol. The summed E-state index contributed by atoms with van der Waals surface area (Å²) in [5.41, 5.74) is 4.68. The molecule has 1 amide bonds. The minimum atomic E-state index is -0.0884. The third kappa shape index (κ3) is 4.62. The normalized spacial score (nSPS) is 10.3. The Morgan fingerprint density at radius 2 is 1.82 bits per heavy atom. The minimum Gasteiger partial charge on any atom is -0.483 e. The van der Waals surface area contributed by atoms with Gasteiger partial charge in [0.2, 0.25) is 0 Å². The summed E-state index contributed by atoms with van der Waals surface area (Å²) >= 11 is 0. The maximum Gasteiger partial charge on any atom is 0.257 e. The summed E-state index contributed by atoms with van der Waals surface area (Å²) in [4.78, 5) is 11.9. The van der Waals surface area contributed by atoms with Crippen LogP contribution >= 0.6 is 0 Å². The third-order valence-electron chi connectivity index (χ3n) is 3.68. The number of rotatable bonds is 6. The molecule has 2 rings (SSSR count). The molecule has 1 N–H and O–H groups in total. The summed E-state index contributed by atoms with van der Waals surface area (Å²) in [5, 5.41) is 2.90. The quantitative estimate of drug-likeness (QED) is 0.888.